The Kier molecular flexibility index (Phi) is 3.94. The Morgan fingerprint density at radius 2 is 2.26 bits per heavy atom. The minimum atomic E-state index is -0.338. The molecular formula is C12H15FN4OS. The number of H-pyrrole nitrogens is 1. The first kappa shape index (κ1) is 13.7. The van der Waals surface area contributed by atoms with Crippen molar-refractivity contribution in [2.75, 3.05) is 5.73 Å². The summed E-state index contributed by atoms with van der Waals surface area (Å²) in [6, 6.07) is 2.94. The lowest BCUT2D eigenvalue weighted by Crippen LogP contribution is -2.17. The van der Waals surface area contributed by atoms with Crippen LogP contribution < -0.4 is 11.4 Å². The van der Waals surface area contributed by atoms with Gasteiger partial charge in [-0.05, 0) is 42.8 Å². The van der Waals surface area contributed by atoms with Gasteiger partial charge in [-0.2, -0.15) is 0 Å². The number of hydrogen-bond acceptors (Lipinski definition) is 4. The van der Waals surface area contributed by atoms with Gasteiger partial charge in [0, 0.05) is 17.1 Å². The molecule has 0 unspecified atom stereocenters. The number of nitrogens with one attached hydrogen (secondary N) is 1. The molecule has 7 heteroatoms. The van der Waals surface area contributed by atoms with Gasteiger partial charge in [0.25, 0.3) is 0 Å². The van der Waals surface area contributed by atoms with Crippen LogP contribution in [0.1, 0.15) is 18.9 Å². The molecule has 3 N–H and O–H groups in total. The second-order valence-corrected chi connectivity index (χ2v) is 5.21. The van der Waals surface area contributed by atoms with Crippen molar-refractivity contribution in [1.82, 2.24) is 14.8 Å². The zero-order chi connectivity index (χ0) is 14.0. The summed E-state index contributed by atoms with van der Waals surface area (Å²) < 4.78 is 14.9. The van der Waals surface area contributed by atoms with Crippen molar-refractivity contribution >= 4 is 17.4 Å². The van der Waals surface area contributed by atoms with E-state index in [0.717, 1.165) is 6.42 Å². The maximum Gasteiger partial charge on any atom is 0.343 e. The number of nitrogens with zero attached hydrogens (tertiary/aromatic N) is 2. The summed E-state index contributed by atoms with van der Waals surface area (Å²) in [5.74, 6) is -0.338. The minimum absolute atomic E-state index is 0.248. The predicted molar refractivity (Wildman–Crippen MR) is 72.8 cm³/mol. The van der Waals surface area contributed by atoms with Gasteiger partial charge in [0.05, 0.1) is 0 Å². The molecule has 0 spiro atoms. The van der Waals surface area contributed by atoms with Gasteiger partial charge >= 0.3 is 5.69 Å². The quantitative estimate of drug-likeness (QED) is 0.842. The van der Waals surface area contributed by atoms with Crippen molar-refractivity contribution in [3.63, 3.8) is 0 Å². The van der Waals surface area contributed by atoms with E-state index < -0.39 is 0 Å². The maximum absolute atomic E-state index is 13.3. The lowest BCUT2D eigenvalue weighted by Gasteiger charge is -2.07. The van der Waals surface area contributed by atoms with Gasteiger partial charge in [-0.15, -0.1) is 5.10 Å². The van der Waals surface area contributed by atoms with E-state index >= 15 is 0 Å². The molecular weight excluding hydrogens is 267 g/mol. The molecule has 0 amide bonds. The number of benzene rings is 1. The molecule has 1 aromatic heterocycles. The standard InChI is InChI=1S/C12H15FN4OS/c1-3-4-17-11(18)15-16-12(17)19-10-5-7(2)8(13)6-9(10)14/h5-6H,3-4,14H2,1-2H3,(H,15,18). The second-order valence-electron chi connectivity index (χ2n) is 4.20. The smallest absolute Gasteiger partial charge is 0.343 e. The first-order chi connectivity index (χ1) is 9.02. The Hall–Kier alpha value is -1.76. The van der Waals surface area contributed by atoms with Gasteiger partial charge in [-0.3, -0.25) is 4.57 Å². The highest BCUT2D eigenvalue weighted by Crippen LogP contribution is 2.32. The molecule has 19 heavy (non-hydrogen) atoms. The highest BCUT2D eigenvalue weighted by Gasteiger charge is 2.12. The largest absolute Gasteiger partial charge is 0.398 e. The first-order valence-corrected chi connectivity index (χ1v) is 6.73. The Bertz CT molecular complexity index is 650. The summed E-state index contributed by atoms with van der Waals surface area (Å²) in [5.41, 5.74) is 6.38. The Morgan fingerprint density at radius 1 is 1.53 bits per heavy atom. The summed E-state index contributed by atoms with van der Waals surface area (Å²) >= 11 is 1.25. The molecule has 0 aliphatic heterocycles. The normalized spacial score (nSPS) is 10.9. The number of aryl methyl sites for hydroxylation is 1. The van der Waals surface area contributed by atoms with Crippen molar-refractivity contribution in [3.05, 3.63) is 34.0 Å². The topological polar surface area (TPSA) is 76.7 Å². The van der Waals surface area contributed by atoms with Gasteiger partial charge in [-0.25, -0.2) is 14.3 Å². The summed E-state index contributed by atoms with van der Waals surface area (Å²) in [5, 5.41) is 6.90. The molecule has 5 nitrogen and oxygen atoms in total. The van der Waals surface area contributed by atoms with E-state index in [0.29, 0.717) is 27.8 Å². The summed E-state index contributed by atoms with van der Waals surface area (Å²) in [6.07, 6.45) is 0.824. The van der Waals surface area contributed by atoms with Crippen LogP contribution in [0.4, 0.5) is 10.1 Å². The van der Waals surface area contributed by atoms with E-state index in [-0.39, 0.29) is 11.5 Å². The molecule has 2 rings (SSSR count). The number of aromatic amines is 1. The third kappa shape index (κ3) is 2.81. The van der Waals surface area contributed by atoms with Crippen LogP contribution in [-0.2, 0) is 6.54 Å². The van der Waals surface area contributed by atoms with E-state index in [2.05, 4.69) is 10.2 Å². The van der Waals surface area contributed by atoms with Crippen LogP contribution >= 0.6 is 11.8 Å². The van der Waals surface area contributed by atoms with Crippen LogP contribution in [0, 0.1) is 12.7 Å². The van der Waals surface area contributed by atoms with Crippen LogP contribution in [0.15, 0.2) is 27.0 Å². The second kappa shape index (κ2) is 5.48. The average Bonchev–Trinajstić information content (AvgIpc) is 2.69. The number of rotatable bonds is 4. The first-order valence-electron chi connectivity index (χ1n) is 5.91. The SMILES string of the molecule is CCCn1c(Sc2cc(C)c(F)cc2N)n[nH]c1=O. The van der Waals surface area contributed by atoms with Crippen molar-refractivity contribution in [3.8, 4) is 0 Å². The zero-order valence-electron chi connectivity index (χ0n) is 10.7. The molecule has 1 aromatic carbocycles. The number of aromatic nitrogens is 3. The number of nitrogens with two attached hydrogens (primary N) is 1. The van der Waals surface area contributed by atoms with Gasteiger partial charge in [-0.1, -0.05) is 6.92 Å². The van der Waals surface area contributed by atoms with Gasteiger partial charge in [0.2, 0.25) is 0 Å². The fraction of sp³-hybridized carbons (Fsp3) is 0.333. The number of nitrogen functional groups attached to an aromatic ring is 1. The minimum Gasteiger partial charge on any atom is -0.398 e. The summed E-state index contributed by atoms with van der Waals surface area (Å²) in [4.78, 5) is 12.3. The van der Waals surface area contributed by atoms with E-state index in [1.807, 2.05) is 6.92 Å². The van der Waals surface area contributed by atoms with Crippen LogP contribution in [0.2, 0.25) is 0 Å². The third-order valence-corrected chi connectivity index (χ3v) is 3.73. The molecule has 0 atom stereocenters. The molecule has 0 saturated carbocycles. The molecule has 102 valence electrons. The number of halogens is 1. The molecule has 2 aromatic rings. The average molecular weight is 282 g/mol. The molecule has 0 bridgehead atoms. The van der Waals surface area contributed by atoms with Gasteiger partial charge in [0.15, 0.2) is 5.16 Å². The lowest BCUT2D eigenvalue weighted by molar-refractivity contribution is 0.603. The fourth-order valence-electron chi connectivity index (χ4n) is 1.66. The number of hydrogen-bond donors (Lipinski definition) is 2. The van der Waals surface area contributed by atoms with E-state index in [4.69, 9.17) is 5.73 Å². The van der Waals surface area contributed by atoms with Gasteiger partial charge in [0.1, 0.15) is 5.82 Å². The zero-order valence-corrected chi connectivity index (χ0v) is 11.6. The molecule has 0 aliphatic carbocycles. The van der Waals surface area contributed by atoms with Crippen molar-refractivity contribution in [2.45, 2.75) is 36.9 Å². The van der Waals surface area contributed by atoms with E-state index in [1.54, 1.807) is 17.6 Å². The molecule has 0 saturated heterocycles. The highest BCUT2D eigenvalue weighted by atomic mass is 32.2. The monoisotopic (exact) mass is 282 g/mol. The third-order valence-electron chi connectivity index (χ3n) is 2.66. The maximum atomic E-state index is 13.3. The molecule has 1 heterocycles. The summed E-state index contributed by atoms with van der Waals surface area (Å²) in [7, 11) is 0. The molecule has 0 aliphatic rings. The van der Waals surface area contributed by atoms with Crippen LogP contribution in [0.3, 0.4) is 0 Å². The van der Waals surface area contributed by atoms with E-state index in [1.165, 1.54) is 17.8 Å². The van der Waals surface area contributed by atoms with Crippen molar-refractivity contribution < 1.29 is 4.39 Å². The number of anilines is 1. The highest BCUT2D eigenvalue weighted by molar-refractivity contribution is 7.99. The molecule has 0 fully saturated rings. The van der Waals surface area contributed by atoms with Gasteiger partial charge < -0.3 is 5.73 Å². The van der Waals surface area contributed by atoms with E-state index in [9.17, 15) is 9.18 Å². The van der Waals surface area contributed by atoms with Crippen LogP contribution in [0.25, 0.3) is 0 Å². The Balaban J connectivity index is 2.36. The van der Waals surface area contributed by atoms with Crippen LogP contribution in [-0.4, -0.2) is 14.8 Å². The van der Waals surface area contributed by atoms with Crippen LogP contribution in [0.5, 0.6) is 0 Å². The Labute approximate surface area is 114 Å². The lowest BCUT2D eigenvalue weighted by atomic mass is 10.2. The fourth-order valence-corrected chi connectivity index (χ4v) is 2.64. The molecule has 0 radical (unpaired) electrons. The Morgan fingerprint density at radius 3 is 2.95 bits per heavy atom. The predicted octanol–water partition coefficient (Wildman–Crippen LogP) is 2.16. The van der Waals surface area contributed by atoms with Crippen molar-refractivity contribution in [2.24, 2.45) is 0 Å². The van der Waals surface area contributed by atoms with Crippen molar-refractivity contribution in [1.29, 1.82) is 0 Å². The summed E-state index contributed by atoms with van der Waals surface area (Å²) in [6.45, 7) is 4.23.